The first-order valence-corrected chi connectivity index (χ1v) is 6.40. The van der Waals surface area contributed by atoms with Gasteiger partial charge >= 0.3 is 6.03 Å². The van der Waals surface area contributed by atoms with Crippen molar-refractivity contribution in [2.24, 2.45) is 0 Å². The Kier molecular flexibility index (Phi) is 4.78. The van der Waals surface area contributed by atoms with Crippen LogP contribution in [0.15, 0.2) is 47.3 Å². The topological polar surface area (TPSA) is 66.9 Å². The van der Waals surface area contributed by atoms with Crippen molar-refractivity contribution in [3.05, 3.63) is 58.7 Å². The molecule has 0 aliphatic rings. The second kappa shape index (κ2) is 6.76. The van der Waals surface area contributed by atoms with Crippen molar-refractivity contribution in [2.45, 2.75) is 0 Å². The molecule has 0 saturated heterocycles. The van der Waals surface area contributed by atoms with Crippen molar-refractivity contribution in [3.8, 4) is 0 Å². The summed E-state index contributed by atoms with van der Waals surface area (Å²) in [6.45, 7) is 0. The van der Waals surface area contributed by atoms with Crippen LogP contribution in [0, 0.1) is 5.82 Å². The minimum atomic E-state index is -0.486. The van der Waals surface area contributed by atoms with Crippen LogP contribution in [-0.2, 0) is 0 Å². The number of amides is 2. The Morgan fingerprint density at radius 2 is 2.05 bits per heavy atom. The third-order valence-corrected chi connectivity index (χ3v) is 2.59. The maximum Gasteiger partial charge on any atom is 0.325 e. The normalized spacial score (nSPS) is 10.5. The maximum absolute atomic E-state index is 12.9. The number of hydrogen-bond acceptors (Lipinski definition) is 3. The Bertz CT molecular complexity index is 631. The lowest BCUT2D eigenvalue weighted by molar-refractivity contribution is 0.255. The molecule has 0 bridgehead atoms. The zero-order chi connectivity index (χ0) is 14.4. The van der Waals surface area contributed by atoms with Crippen molar-refractivity contribution < 1.29 is 9.18 Å². The molecule has 0 spiro atoms. The van der Waals surface area contributed by atoms with E-state index in [-0.39, 0.29) is 11.8 Å². The minimum Gasteiger partial charge on any atom is -0.314 e. The summed E-state index contributed by atoms with van der Waals surface area (Å²) in [5.41, 5.74) is 0.644. The molecule has 0 unspecified atom stereocenters. The molecule has 0 radical (unpaired) electrons. The number of urea groups is 1. The molecule has 7 heteroatoms. The number of halogens is 2. The summed E-state index contributed by atoms with van der Waals surface area (Å²) in [6, 6.07) is 5.53. The Morgan fingerprint density at radius 3 is 2.75 bits per heavy atom. The molecular weight excluding hydrogens is 327 g/mol. The van der Waals surface area contributed by atoms with E-state index in [9.17, 15) is 9.18 Å². The zero-order valence-electron chi connectivity index (χ0n) is 10.2. The second-order valence-electron chi connectivity index (χ2n) is 3.71. The third-order valence-electron chi connectivity index (χ3n) is 2.18. The Labute approximate surface area is 123 Å². The quantitative estimate of drug-likeness (QED) is 0.904. The Hall–Kier alpha value is -2.28. The van der Waals surface area contributed by atoms with E-state index < -0.39 is 6.03 Å². The first-order valence-electron chi connectivity index (χ1n) is 5.61. The highest BCUT2D eigenvalue weighted by atomic mass is 79.9. The van der Waals surface area contributed by atoms with E-state index in [0.717, 1.165) is 4.47 Å². The monoisotopic (exact) mass is 336 g/mol. The maximum atomic E-state index is 12.9. The number of nitrogens with zero attached hydrogens (tertiary/aromatic N) is 2. The lowest BCUT2D eigenvalue weighted by Crippen LogP contribution is -2.24. The number of anilines is 1. The smallest absolute Gasteiger partial charge is 0.314 e. The van der Waals surface area contributed by atoms with Crippen molar-refractivity contribution in [3.63, 3.8) is 0 Å². The molecule has 2 rings (SSSR count). The van der Waals surface area contributed by atoms with Gasteiger partial charge in [0.2, 0.25) is 5.95 Å². The Morgan fingerprint density at radius 1 is 1.30 bits per heavy atom. The predicted molar refractivity (Wildman–Crippen MR) is 77.3 cm³/mol. The number of carbonyl (C=O) groups excluding carboxylic acids is 1. The van der Waals surface area contributed by atoms with E-state index in [2.05, 4.69) is 36.5 Å². The first-order chi connectivity index (χ1) is 9.63. The molecular formula is C13H10BrFN4O. The highest BCUT2D eigenvalue weighted by Gasteiger charge is 2.01. The molecule has 1 aromatic carbocycles. The summed E-state index contributed by atoms with van der Waals surface area (Å²) in [7, 11) is 0. The molecule has 102 valence electrons. The molecule has 5 nitrogen and oxygen atoms in total. The van der Waals surface area contributed by atoms with Gasteiger partial charge in [-0.1, -0.05) is 12.1 Å². The minimum absolute atomic E-state index is 0.185. The van der Waals surface area contributed by atoms with E-state index in [0.29, 0.717) is 5.56 Å². The molecule has 0 saturated carbocycles. The summed E-state index contributed by atoms with van der Waals surface area (Å²) in [6.07, 6.45) is 6.02. The predicted octanol–water partition coefficient (Wildman–Crippen LogP) is 3.17. The number of nitrogens with one attached hydrogen (secondary N) is 2. The van der Waals surface area contributed by atoms with Gasteiger partial charge in [-0.05, 0) is 39.7 Å². The van der Waals surface area contributed by atoms with Gasteiger partial charge in [0.15, 0.2) is 0 Å². The van der Waals surface area contributed by atoms with Gasteiger partial charge in [0.05, 0.1) is 4.47 Å². The molecule has 2 aromatic rings. The fourth-order valence-corrected chi connectivity index (χ4v) is 1.54. The first kappa shape index (κ1) is 14.1. The second-order valence-corrected chi connectivity index (χ2v) is 4.63. The standard InChI is InChI=1S/C13H10BrFN4O/c14-10-7-17-12(18-8-10)19-13(20)16-5-4-9-2-1-3-11(15)6-9/h1-8H,(H2,16,17,18,19,20)/b5-4+. The molecule has 0 atom stereocenters. The van der Waals surface area contributed by atoms with E-state index in [4.69, 9.17) is 0 Å². The van der Waals surface area contributed by atoms with E-state index in [1.54, 1.807) is 18.2 Å². The van der Waals surface area contributed by atoms with Gasteiger partial charge in [0, 0.05) is 18.6 Å². The molecule has 0 aliphatic heterocycles. The van der Waals surface area contributed by atoms with Crippen LogP contribution < -0.4 is 10.6 Å². The lowest BCUT2D eigenvalue weighted by Gasteiger charge is -2.02. The molecule has 0 fully saturated rings. The molecule has 2 N–H and O–H groups in total. The summed E-state index contributed by atoms with van der Waals surface area (Å²) in [5.74, 6) is -0.148. The zero-order valence-corrected chi connectivity index (χ0v) is 11.8. The van der Waals surface area contributed by atoms with Crippen LogP contribution in [0.4, 0.5) is 15.1 Å². The van der Waals surface area contributed by atoms with Crippen molar-refractivity contribution in [1.29, 1.82) is 0 Å². The van der Waals surface area contributed by atoms with Gasteiger partial charge < -0.3 is 5.32 Å². The van der Waals surface area contributed by atoms with Gasteiger partial charge in [0.1, 0.15) is 5.82 Å². The fourth-order valence-electron chi connectivity index (χ4n) is 1.34. The van der Waals surface area contributed by atoms with Crippen LogP contribution in [0.5, 0.6) is 0 Å². The fraction of sp³-hybridized carbons (Fsp3) is 0. The highest BCUT2D eigenvalue weighted by molar-refractivity contribution is 9.10. The number of aromatic nitrogens is 2. The van der Waals surface area contributed by atoms with Crippen molar-refractivity contribution >= 4 is 34.0 Å². The van der Waals surface area contributed by atoms with Gasteiger partial charge in [-0.2, -0.15) is 0 Å². The summed E-state index contributed by atoms with van der Waals surface area (Å²) >= 11 is 3.19. The van der Waals surface area contributed by atoms with Gasteiger partial charge in [-0.25, -0.2) is 19.2 Å². The van der Waals surface area contributed by atoms with E-state index in [1.165, 1.54) is 30.7 Å². The highest BCUT2D eigenvalue weighted by Crippen LogP contribution is 2.07. The van der Waals surface area contributed by atoms with Crippen LogP contribution in [-0.4, -0.2) is 16.0 Å². The van der Waals surface area contributed by atoms with E-state index in [1.807, 2.05) is 0 Å². The van der Waals surface area contributed by atoms with Gasteiger partial charge in [-0.3, -0.25) is 5.32 Å². The van der Waals surface area contributed by atoms with Crippen LogP contribution in [0.25, 0.3) is 6.08 Å². The Balaban J connectivity index is 1.87. The van der Waals surface area contributed by atoms with Gasteiger partial charge in [-0.15, -0.1) is 0 Å². The molecule has 20 heavy (non-hydrogen) atoms. The van der Waals surface area contributed by atoms with Crippen LogP contribution in [0.1, 0.15) is 5.56 Å². The summed E-state index contributed by atoms with van der Waals surface area (Å²) in [4.78, 5) is 19.3. The number of benzene rings is 1. The summed E-state index contributed by atoms with van der Waals surface area (Å²) in [5, 5.41) is 4.92. The molecule has 1 aromatic heterocycles. The van der Waals surface area contributed by atoms with Crippen LogP contribution in [0.3, 0.4) is 0 Å². The average molecular weight is 337 g/mol. The largest absolute Gasteiger partial charge is 0.325 e. The van der Waals surface area contributed by atoms with Gasteiger partial charge in [0.25, 0.3) is 0 Å². The van der Waals surface area contributed by atoms with Crippen molar-refractivity contribution in [1.82, 2.24) is 15.3 Å². The van der Waals surface area contributed by atoms with E-state index >= 15 is 0 Å². The SMILES string of the molecule is O=C(N/C=C/c1cccc(F)c1)Nc1ncc(Br)cn1. The summed E-state index contributed by atoms with van der Waals surface area (Å²) < 4.78 is 13.6. The third kappa shape index (κ3) is 4.43. The lowest BCUT2D eigenvalue weighted by atomic mass is 10.2. The number of carbonyl (C=O) groups is 1. The number of hydrogen-bond donors (Lipinski definition) is 2. The molecule has 0 aliphatic carbocycles. The van der Waals surface area contributed by atoms with Crippen LogP contribution in [0.2, 0.25) is 0 Å². The average Bonchev–Trinajstić information content (AvgIpc) is 2.41. The molecule has 1 heterocycles. The molecule has 2 amide bonds. The number of rotatable bonds is 3. The van der Waals surface area contributed by atoms with Crippen molar-refractivity contribution in [2.75, 3.05) is 5.32 Å². The van der Waals surface area contributed by atoms with Crippen LogP contribution >= 0.6 is 15.9 Å².